The third-order valence-corrected chi connectivity index (χ3v) is 8.13. The van der Waals surface area contributed by atoms with Crippen LogP contribution in [0.5, 0.6) is 11.5 Å². The maximum absolute atomic E-state index is 13.7. The van der Waals surface area contributed by atoms with Gasteiger partial charge in [-0.05, 0) is 25.0 Å². The lowest BCUT2D eigenvalue weighted by Gasteiger charge is -2.36. The van der Waals surface area contributed by atoms with E-state index < -0.39 is 21.2 Å². The summed E-state index contributed by atoms with van der Waals surface area (Å²) in [6, 6.07) is 12.8. The maximum Gasteiger partial charge on any atom is 0.331 e. The summed E-state index contributed by atoms with van der Waals surface area (Å²) < 4.78 is 38.3. The molecule has 178 valence electrons. The zero-order valence-electron chi connectivity index (χ0n) is 19.3. The van der Waals surface area contributed by atoms with Gasteiger partial charge in [0.05, 0.1) is 35.8 Å². The van der Waals surface area contributed by atoms with Gasteiger partial charge in [0.25, 0.3) is 0 Å². The van der Waals surface area contributed by atoms with Crippen molar-refractivity contribution in [2.45, 2.75) is 44.4 Å². The quantitative estimate of drug-likeness (QED) is 0.396. The molecule has 0 aromatic heterocycles. The Morgan fingerprint density at radius 2 is 1.91 bits per heavy atom. The molecule has 1 N–H and O–H groups in total. The summed E-state index contributed by atoms with van der Waals surface area (Å²) in [5, 5.41) is 8.85. The van der Waals surface area contributed by atoms with E-state index in [-0.39, 0.29) is 16.4 Å². The van der Waals surface area contributed by atoms with Crippen molar-refractivity contribution in [1.29, 1.82) is 0 Å². The number of rotatable bonds is 9. The lowest BCUT2D eigenvalue weighted by molar-refractivity contribution is -0.131. The standard InChI is InChI=1S/C25H31NO6S/c1-4-6-13-25(5-2)17-26(19-10-8-7-9-11-19)20-15-21(31-3)22(32-14-12-24(27)28)16-23(20)33(29,30)18-25/h7-12,14-16H,4-6,13,17-18H2,1-3H3,(H,27,28). The zero-order chi connectivity index (χ0) is 24.1. The Morgan fingerprint density at radius 1 is 1.18 bits per heavy atom. The third kappa shape index (κ3) is 5.50. The number of fused-ring (bicyclic) bond motifs is 1. The summed E-state index contributed by atoms with van der Waals surface area (Å²) in [5.74, 6) is -0.681. The topological polar surface area (TPSA) is 93.1 Å². The molecule has 8 heteroatoms. The molecule has 0 spiro atoms. The average molecular weight is 474 g/mol. The van der Waals surface area contributed by atoms with Crippen LogP contribution in [0.1, 0.15) is 39.5 Å². The molecule has 1 heterocycles. The highest BCUT2D eigenvalue weighted by molar-refractivity contribution is 7.91. The first kappa shape index (κ1) is 24.6. The van der Waals surface area contributed by atoms with Gasteiger partial charge in [-0.1, -0.05) is 44.9 Å². The van der Waals surface area contributed by atoms with Gasteiger partial charge in [-0.2, -0.15) is 0 Å². The molecular formula is C25H31NO6S. The Hall–Kier alpha value is -3.00. The highest BCUT2D eigenvalue weighted by atomic mass is 32.2. The number of hydrogen-bond acceptors (Lipinski definition) is 6. The molecule has 0 saturated carbocycles. The van der Waals surface area contributed by atoms with Gasteiger partial charge in [0.1, 0.15) is 0 Å². The number of anilines is 2. The van der Waals surface area contributed by atoms with E-state index in [2.05, 4.69) is 18.7 Å². The number of aliphatic carboxylic acids is 1. The fraction of sp³-hybridized carbons (Fsp3) is 0.400. The first-order valence-electron chi connectivity index (χ1n) is 11.1. The summed E-state index contributed by atoms with van der Waals surface area (Å²) >= 11 is 0. The van der Waals surface area contributed by atoms with E-state index >= 15 is 0 Å². The number of ether oxygens (including phenoxy) is 2. The van der Waals surface area contributed by atoms with Gasteiger partial charge in [0, 0.05) is 29.8 Å². The third-order valence-electron chi connectivity index (χ3n) is 6.14. The number of carbonyl (C=O) groups is 1. The van der Waals surface area contributed by atoms with E-state index in [1.807, 2.05) is 30.3 Å². The smallest absolute Gasteiger partial charge is 0.331 e. The summed E-state index contributed by atoms with van der Waals surface area (Å²) in [6.07, 6.45) is 5.30. The normalized spacial score (nSPS) is 19.7. The van der Waals surface area contributed by atoms with E-state index in [0.29, 0.717) is 18.0 Å². The van der Waals surface area contributed by atoms with Gasteiger partial charge in [-0.3, -0.25) is 0 Å². The highest BCUT2D eigenvalue weighted by Crippen LogP contribution is 2.47. The van der Waals surface area contributed by atoms with Crippen LogP contribution in [0.4, 0.5) is 11.4 Å². The molecular weight excluding hydrogens is 442 g/mol. The molecule has 1 unspecified atom stereocenters. The fourth-order valence-corrected chi connectivity index (χ4v) is 6.46. The number of benzene rings is 2. The Balaban J connectivity index is 2.22. The van der Waals surface area contributed by atoms with Crippen LogP contribution in [-0.4, -0.2) is 38.9 Å². The van der Waals surface area contributed by atoms with Crippen molar-refractivity contribution in [3.05, 3.63) is 54.8 Å². The summed E-state index contributed by atoms with van der Waals surface area (Å²) in [6.45, 7) is 4.72. The van der Waals surface area contributed by atoms with Gasteiger partial charge in [0.2, 0.25) is 0 Å². The molecule has 0 fully saturated rings. The molecule has 1 aliphatic heterocycles. The molecule has 33 heavy (non-hydrogen) atoms. The minimum atomic E-state index is -3.68. The molecule has 2 aromatic rings. The highest BCUT2D eigenvalue weighted by Gasteiger charge is 2.42. The second kappa shape index (κ2) is 10.3. The number of methoxy groups -OCH3 is 1. The van der Waals surface area contributed by atoms with Crippen LogP contribution in [0.25, 0.3) is 0 Å². The maximum atomic E-state index is 13.7. The second-order valence-electron chi connectivity index (χ2n) is 8.37. The van der Waals surface area contributed by atoms with Crippen molar-refractivity contribution in [2.75, 3.05) is 24.3 Å². The molecule has 1 aliphatic rings. The van der Waals surface area contributed by atoms with Crippen molar-refractivity contribution in [2.24, 2.45) is 5.41 Å². The van der Waals surface area contributed by atoms with Gasteiger partial charge in [0.15, 0.2) is 21.3 Å². The number of sulfone groups is 1. The summed E-state index contributed by atoms with van der Waals surface area (Å²) in [5.41, 5.74) is 1.01. The minimum Gasteiger partial charge on any atom is -0.493 e. The van der Waals surface area contributed by atoms with Crippen LogP contribution in [0.2, 0.25) is 0 Å². The van der Waals surface area contributed by atoms with Crippen molar-refractivity contribution in [3.63, 3.8) is 0 Å². The van der Waals surface area contributed by atoms with Crippen LogP contribution in [0, 0.1) is 5.41 Å². The number of carboxylic acids is 1. The van der Waals surface area contributed by atoms with E-state index in [1.54, 1.807) is 6.07 Å². The largest absolute Gasteiger partial charge is 0.493 e. The number of carboxylic acid groups (broad SMARTS) is 1. The first-order valence-corrected chi connectivity index (χ1v) is 12.7. The first-order chi connectivity index (χ1) is 15.7. The van der Waals surface area contributed by atoms with Gasteiger partial charge < -0.3 is 19.5 Å². The predicted octanol–water partition coefficient (Wildman–Crippen LogP) is 5.18. The van der Waals surface area contributed by atoms with Gasteiger partial charge in [-0.15, -0.1) is 0 Å². The van der Waals surface area contributed by atoms with E-state index in [4.69, 9.17) is 14.6 Å². The van der Waals surface area contributed by atoms with Crippen molar-refractivity contribution >= 4 is 27.2 Å². The van der Waals surface area contributed by atoms with Crippen molar-refractivity contribution in [3.8, 4) is 11.5 Å². The molecule has 2 aromatic carbocycles. The average Bonchev–Trinajstić information content (AvgIpc) is 2.90. The van der Waals surface area contributed by atoms with Crippen LogP contribution in [0.15, 0.2) is 59.7 Å². The summed E-state index contributed by atoms with van der Waals surface area (Å²) in [4.78, 5) is 13.0. The van der Waals surface area contributed by atoms with Crippen molar-refractivity contribution < 1.29 is 27.8 Å². The predicted molar refractivity (Wildman–Crippen MR) is 128 cm³/mol. The monoisotopic (exact) mass is 473 g/mol. The molecule has 0 amide bonds. The SMILES string of the molecule is CCCCC1(CC)CN(c2ccccc2)c2cc(OC)c(OC=CC(=O)O)cc2S(=O)(=O)C1. The van der Waals surface area contributed by atoms with Gasteiger partial charge in [-0.25, -0.2) is 13.2 Å². The minimum absolute atomic E-state index is 0.0313. The van der Waals surface area contributed by atoms with E-state index in [0.717, 1.165) is 43.7 Å². The second-order valence-corrected chi connectivity index (χ2v) is 10.3. The zero-order valence-corrected chi connectivity index (χ0v) is 20.1. The molecule has 0 saturated heterocycles. The van der Waals surface area contributed by atoms with Crippen LogP contribution >= 0.6 is 0 Å². The van der Waals surface area contributed by atoms with Crippen LogP contribution < -0.4 is 14.4 Å². The lowest BCUT2D eigenvalue weighted by Crippen LogP contribution is -2.37. The molecule has 0 bridgehead atoms. The Labute approximate surface area is 195 Å². The summed E-state index contributed by atoms with van der Waals surface area (Å²) in [7, 11) is -2.21. The molecule has 7 nitrogen and oxygen atoms in total. The number of hydrogen-bond donors (Lipinski definition) is 1. The van der Waals surface area contributed by atoms with Crippen LogP contribution in [0.3, 0.4) is 0 Å². The Bertz CT molecular complexity index is 1110. The molecule has 3 rings (SSSR count). The lowest BCUT2D eigenvalue weighted by atomic mass is 9.81. The van der Waals surface area contributed by atoms with Gasteiger partial charge >= 0.3 is 5.97 Å². The Morgan fingerprint density at radius 3 is 2.52 bits per heavy atom. The number of nitrogens with zero attached hydrogens (tertiary/aromatic N) is 1. The van der Waals surface area contributed by atoms with Crippen molar-refractivity contribution in [1.82, 2.24) is 0 Å². The molecule has 0 radical (unpaired) electrons. The Kier molecular flexibility index (Phi) is 7.68. The fourth-order valence-electron chi connectivity index (χ4n) is 4.29. The number of para-hydroxylation sites is 1. The number of unbranched alkanes of at least 4 members (excludes halogenated alkanes) is 1. The van der Waals surface area contributed by atoms with E-state index in [9.17, 15) is 13.2 Å². The van der Waals surface area contributed by atoms with Crippen LogP contribution in [-0.2, 0) is 14.6 Å². The molecule has 1 atom stereocenters. The molecule has 0 aliphatic carbocycles. The van der Waals surface area contributed by atoms with E-state index in [1.165, 1.54) is 13.2 Å².